The molecule has 0 saturated carbocycles. The van der Waals surface area contributed by atoms with Gasteiger partial charge in [0.25, 0.3) is 0 Å². The number of hydrogen-bond donors (Lipinski definition) is 0. The van der Waals surface area contributed by atoms with Gasteiger partial charge in [0.05, 0.1) is 0 Å². The van der Waals surface area contributed by atoms with E-state index in [-0.39, 0.29) is 0 Å². The second-order valence-electron chi connectivity index (χ2n) is 1.32. The normalized spacial score (nSPS) is 7.57. The molecule has 0 fully saturated rings. The van der Waals surface area contributed by atoms with E-state index in [2.05, 4.69) is 4.65 Å². The monoisotopic (exact) mass is 100 g/mol. The Morgan fingerprint density at radius 1 is 1.71 bits per heavy atom. The van der Waals surface area contributed by atoms with E-state index in [0.29, 0.717) is 14.0 Å². The van der Waals surface area contributed by atoms with Crippen LogP contribution in [0.25, 0.3) is 0 Å². The number of unbranched alkanes of at least 4 members (excludes halogenated alkanes) is 1. The molecule has 0 unspecified atom stereocenters. The van der Waals surface area contributed by atoms with Crippen molar-refractivity contribution >= 4 is 7.35 Å². The van der Waals surface area contributed by atoms with Crippen LogP contribution >= 0.6 is 0 Å². The zero-order chi connectivity index (χ0) is 5.54. The predicted molar refractivity (Wildman–Crippen MR) is 27.3 cm³/mol. The molecule has 0 aromatic heterocycles. The van der Waals surface area contributed by atoms with Gasteiger partial charge in [-0.2, -0.15) is 0 Å². The predicted octanol–water partition coefficient (Wildman–Crippen LogP) is 0.768. The van der Waals surface area contributed by atoms with Crippen LogP contribution in [-0.4, -0.2) is 14.0 Å². The first kappa shape index (κ1) is 6.66. The fourth-order valence-electron chi connectivity index (χ4n) is 0.276. The molecular formula is C4H9BO2. The van der Waals surface area contributed by atoms with E-state index >= 15 is 0 Å². The van der Waals surface area contributed by atoms with Crippen molar-refractivity contribution in [3.8, 4) is 0 Å². The summed E-state index contributed by atoms with van der Waals surface area (Å²) in [5.74, 6) is 0. The quantitative estimate of drug-likeness (QED) is 0.385. The molecular weight excluding hydrogens is 90.9 g/mol. The van der Waals surface area contributed by atoms with Gasteiger partial charge < -0.3 is 0 Å². The Labute approximate surface area is 44.1 Å². The molecule has 3 heteroatoms. The number of rotatable bonds is 4. The Morgan fingerprint density at radius 3 is 2.86 bits per heavy atom. The topological polar surface area (TPSA) is 26.3 Å². The SMILES string of the molecule is CCCCOB=O. The van der Waals surface area contributed by atoms with Crippen LogP contribution in [0.5, 0.6) is 0 Å². The van der Waals surface area contributed by atoms with E-state index in [0.717, 1.165) is 12.8 Å². The summed E-state index contributed by atoms with van der Waals surface area (Å²) in [6.45, 7) is 2.62. The van der Waals surface area contributed by atoms with Gasteiger partial charge in [0, 0.05) is 0 Å². The third-order valence-corrected chi connectivity index (χ3v) is 0.684. The van der Waals surface area contributed by atoms with Crippen LogP contribution in [0.15, 0.2) is 0 Å². The fourth-order valence-corrected chi connectivity index (χ4v) is 0.276. The van der Waals surface area contributed by atoms with E-state index in [1.807, 2.05) is 6.92 Å². The summed E-state index contributed by atoms with van der Waals surface area (Å²) in [7, 11) is 0.482. The van der Waals surface area contributed by atoms with Crippen molar-refractivity contribution in [2.24, 2.45) is 0 Å². The summed E-state index contributed by atoms with van der Waals surface area (Å²) in [4.78, 5) is 0. The van der Waals surface area contributed by atoms with Crippen molar-refractivity contribution < 1.29 is 9.36 Å². The summed E-state index contributed by atoms with van der Waals surface area (Å²) in [6, 6.07) is 0. The van der Waals surface area contributed by atoms with Crippen LogP contribution in [0, 0.1) is 0 Å². The third kappa shape index (κ3) is 5.66. The average Bonchev–Trinajstić information content (AvgIpc) is 1.69. The van der Waals surface area contributed by atoms with Crippen molar-refractivity contribution in [1.29, 1.82) is 0 Å². The number of hydrogen-bond acceptors (Lipinski definition) is 2. The van der Waals surface area contributed by atoms with Gasteiger partial charge in [0.15, 0.2) is 0 Å². The fraction of sp³-hybridized carbons (Fsp3) is 1.00. The molecule has 0 aliphatic rings. The maximum atomic E-state index is 9.46. The molecule has 0 spiro atoms. The van der Waals surface area contributed by atoms with Crippen molar-refractivity contribution in [1.82, 2.24) is 0 Å². The van der Waals surface area contributed by atoms with E-state index in [1.54, 1.807) is 0 Å². The minimum atomic E-state index is 0.482. The van der Waals surface area contributed by atoms with Gasteiger partial charge in [-0.3, -0.25) is 0 Å². The van der Waals surface area contributed by atoms with Crippen molar-refractivity contribution in [3.05, 3.63) is 0 Å². The van der Waals surface area contributed by atoms with E-state index in [1.165, 1.54) is 0 Å². The molecule has 0 aliphatic carbocycles. The van der Waals surface area contributed by atoms with Gasteiger partial charge >= 0.3 is 43.1 Å². The summed E-state index contributed by atoms with van der Waals surface area (Å²) in [6.07, 6.45) is 2.05. The van der Waals surface area contributed by atoms with Crippen LogP contribution in [0.4, 0.5) is 0 Å². The van der Waals surface area contributed by atoms with Crippen LogP contribution in [-0.2, 0) is 9.36 Å². The second kappa shape index (κ2) is 5.66. The standard InChI is InChI=1S/C4H9BO2/c1-2-3-4-7-5-6/h2-4H2,1H3. The molecule has 0 radical (unpaired) electrons. The van der Waals surface area contributed by atoms with Gasteiger partial charge in [-0.1, -0.05) is 0 Å². The molecule has 0 heterocycles. The van der Waals surface area contributed by atoms with Crippen LogP contribution in [0.3, 0.4) is 0 Å². The molecule has 0 aromatic rings. The van der Waals surface area contributed by atoms with Gasteiger partial charge in [-0.05, 0) is 0 Å². The average molecular weight is 99.9 g/mol. The van der Waals surface area contributed by atoms with Crippen LogP contribution in [0.2, 0.25) is 0 Å². The zero-order valence-corrected chi connectivity index (χ0v) is 4.52. The summed E-state index contributed by atoms with van der Waals surface area (Å²) in [5.41, 5.74) is 0. The van der Waals surface area contributed by atoms with Gasteiger partial charge in [0.2, 0.25) is 0 Å². The van der Waals surface area contributed by atoms with Crippen molar-refractivity contribution in [2.75, 3.05) is 6.61 Å². The van der Waals surface area contributed by atoms with Gasteiger partial charge in [-0.15, -0.1) is 0 Å². The molecule has 0 amide bonds. The summed E-state index contributed by atoms with van der Waals surface area (Å²) in [5, 5.41) is 0. The Kier molecular flexibility index (Phi) is 5.39. The molecule has 0 aliphatic heterocycles. The molecule has 0 aromatic carbocycles. The third-order valence-electron chi connectivity index (χ3n) is 0.684. The van der Waals surface area contributed by atoms with Crippen LogP contribution < -0.4 is 0 Å². The molecule has 0 saturated heterocycles. The minimum absolute atomic E-state index is 0.482. The first-order valence-corrected chi connectivity index (χ1v) is 2.47. The zero-order valence-electron chi connectivity index (χ0n) is 4.52. The Morgan fingerprint density at radius 2 is 2.43 bits per heavy atom. The van der Waals surface area contributed by atoms with Crippen molar-refractivity contribution in [2.45, 2.75) is 19.8 Å². The first-order valence-electron chi connectivity index (χ1n) is 2.47. The molecule has 0 bridgehead atoms. The van der Waals surface area contributed by atoms with E-state index < -0.39 is 0 Å². The maximum absolute atomic E-state index is 9.46. The Balaban J connectivity index is 2.56. The second-order valence-corrected chi connectivity index (χ2v) is 1.32. The van der Waals surface area contributed by atoms with E-state index in [4.69, 9.17) is 0 Å². The van der Waals surface area contributed by atoms with Gasteiger partial charge in [-0.25, -0.2) is 0 Å². The van der Waals surface area contributed by atoms with Crippen LogP contribution in [0.1, 0.15) is 19.8 Å². The Bertz CT molecular complexity index is 47.0. The summed E-state index contributed by atoms with van der Waals surface area (Å²) >= 11 is 0. The molecule has 0 atom stereocenters. The molecule has 2 nitrogen and oxygen atoms in total. The Hall–Kier alpha value is -0.335. The molecule has 0 rings (SSSR count). The molecule has 7 heavy (non-hydrogen) atoms. The summed E-state index contributed by atoms with van der Waals surface area (Å²) < 4.78 is 13.9. The van der Waals surface area contributed by atoms with E-state index in [9.17, 15) is 4.70 Å². The molecule has 0 N–H and O–H groups in total. The molecule has 40 valence electrons. The van der Waals surface area contributed by atoms with Gasteiger partial charge in [0.1, 0.15) is 0 Å². The first-order chi connectivity index (χ1) is 3.41. The van der Waals surface area contributed by atoms with Crippen molar-refractivity contribution in [3.63, 3.8) is 0 Å².